The first-order valence-electron chi connectivity index (χ1n) is 1.20. The molecule has 0 spiro atoms. The van der Waals surface area contributed by atoms with Crippen LogP contribution < -0.4 is 12.4 Å². The van der Waals surface area contributed by atoms with Gasteiger partial charge in [0.05, 0.1) is 0 Å². The van der Waals surface area contributed by atoms with E-state index in [1.807, 2.05) is 0 Å². The molecule has 0 aliphatic rings. The molecular weight excluding hydrogens is 87.5 g/mol. The molecule has 1 nitrogen and oxygen atoms in total. The van der Waals surface area contributed by atoms with Gasteiger partial charge in [0.25, 0.3) is 0 Å². The molecule has 0 aromatic heterocycles. The number of Topliss-reactive ketones (excluding diaryl/α,β-unsaturated/α-hetero) is 1. The Morgan fingerprint density at radius 1 is 1.60 bits per heavy atom. The third-order valence-corrected chi connectivity index (χ3v) is 0. The lowest BCUT2D eigenvalue weighted by Crippen LogP contribution is -3.00. The van der Waals surface area contributed by atoms with Gasteiger partial charge in [-0.05, 0) is 13.8 Å². The summed E-state index contributed by atoms with van der Waals surface area (Å²) in [5.41, 5.74) is 0. The summed E-state index contributed by atoms with van der Waals surface area (Å²) < 4.78 is 0. The zero-order chi connectivity index (χ0) is 3.58. The fourth-order valence-corrected chi connectivity index (χ4v) is 0. The Kier molecular flexibility index (Phi) is 7.03. The highest BCUT2D eigenvalue weighted by atomic mass is 35.5. The largest absolute Gasteiger partial charge is 1.00 e. The monoisotopic (exact) mass is 94.0 g/mol. The highest BCUT2D eigenvalue weighted by Gasteiger charge is 1.62. The van der Waals surface area contributed by atoms with Gasteiger partial charge in [-0.1, -0.05) is 0 Å². The summed E-state index contributed by atoms with van der Waals surface area (Å²) in [6.07, 6.45) is 0. The van der Waals surface area contributed by atoms with Crippen molar-refractivity contribution in [3.63, 3.8) is 0 Å². The van der Waals surface area contributed by atoms with Crippen molar-refractivity contribution in [1.82, 2.24) is 0 Å². The summed E-state index contributed by atoms with van der Waals surface area (Å²) in [6, 6.07) is 0. The van der Waals surface area contributed by atoms with Gasteiger partial charge in [-0.25, -0.2) is 0 Å². The molecule has 0 atom stereocenters. The van der Waals surface area contributed by atoms with Crippen LogP contribution in [-0.4, -0.2) is 5.78 Å². The van der Waals surface area contributed by atoms with E-state index in [0.29, 0.717) is 0 Å². The molecule has 2 heteroatoms. The molecular formula is C3H7ClO. The molecule has 0 heterocycles. The third-order valence-electron chi connectivity index (χ3n) is 0. The number of hydrogen-bond donors (Lipinski definition) is 0. The number of halogens is 1. The molecule has 0 saturated heterocycles. The smallest absolute Gasteiger partial charge is 1.00 e. The zero-order valence-corrected chi connectivity index (χ0v) is 4.04. The standard InChI is InChI=1S/C3H6O.ClH/c1-3(2)4;/h1-2H3;1H. The van der Waals surface area contributed by atoms with Crippen molar-refractivity contribution in [2.24, 2.45) is 0 Å². The predicted molar refractivity (Wildman–Crippen MR) is 17.5 cm³/mol. The van der Waals surface area contributed by atoms with E-state index < -0.39 is 0 Å². The van der Waals surface area contributed by atoms with Crippen LogP contribution in [0.1, 0.15) is 15.3 Å². The van der Waals surface area contributed by atoms with Crippen LogP contribution in [-0.2, 0) is 4.79 Å². The molecule has 0 aliphatic carbocycles. The first-order valence-corrected chi connectivity index (χ1v) is 1.20. The fraction of sp³-hybridized carbons (Fsp3) is 0.667. The van der Waals surface area contributed by atoms with Crippen molar-refractivity contribution in [3.05, 3.63) is 0 Å². The highest BCUT2D eigenvalue weighted by Crippen LogP contribution is 1.50. The van der Waals surface area contributed by atoms with Gasteiger partial charge < -0.3 is 17.2 Å². The molecule has 0 unspecified atom stereocenters. The molecule has 5 heavy (non-hydrogen) atoms. The van der Waals surface area contributed by atoms with Gasteiger partial charge in [0.2, 0.25) is 0 Å². The van der Waals surface area contributed by atoms with Gasteiger partial charge in [0, 0.05) is 0 Å². The highest BCUT2D eigenvalue weighted by molar-refractivity contribution is 5.72. The minimum Gasteiger partial charge on any atom is -1.00 e. The number of ketones is 1. The van der Waals surface area contributed by atoms with Crippen molar-refractivity contribution < 1.29 is 18.6 Å². The SMILES string of the molecule is CC(C)=O.[Cl-].[H+]. The second-order valence-corrected chi connectivity index (χ2v) is 0.908. The van der Waals surface area contributed by atoms with Gasteiger partial charge in [0.15, 0.2) is 0 Å². The number of hydrogen-bond acceptors (Lipinski definition) is 1. The maximum absolute atomic E-state index is 9.44. The van der Waals surface area contributed by atoms with Gasteiger partial charge in [-0.3, -0.25) is 0 Å². The van der Waals surface area contributed by atoms with E-state index in [2.05, 4.69) is 0 Å². The molecule has 0 fully saturated rings. The maximum Gasteiger partial charge on any atom is 1.00 e. The fourth-order valence-electron chi connectivity index (χ4n) is 0. The van der Waals surface area contributed by atoms with E-state index in [9.17, 15) is 4.79 Å². The Hall–Kier alpha value is -0.0400. The summed E-state index contributed by atoms with van der Waals surface area (Å²) in [6.45, 7) is 3.06. The van der Waals surface area contributed by atoms with Crippen LogP contribution in [0.4, 0.5) is 0 Å². The van der Waals surface area contributed by atoms with E-state index in [1.165, 1.54) is 13.8 Å². The molecule has 32 valence electrons. The minimum absolute atomic E-state index is 0. The lowest BCUT2D eigenvalue weighted by atomic mass is 10.6. The quantitative estimate of drug-likeness (QED) is 0.330. The lowest BCUT2D eigenvalue weighted by Gasteiger charge is -1.56. The lowest BCUT2D eigenvalue weighted by molar-refractivity contribution is -0.115. The van der Waals surface area contributed by atoms with Crippen LogP contribution in [0.15, 0.2) is 0 Å². The Morgan fingerprint density at radius 3 is 1.60 bits per heavy atom. The topological polar surface area (TPSA) is 17.1 Å². The molecule has 0 radical (unpaired) electrons. The molecule has 0 aromatic carbocycles. The molecule has 0 rings (SSSR count). The van der Waals surface area contributed by atoms with Crippen molar-refractivity contribution in [3.8, 4) is 0 Å². The van der Waals surface area contributed by atoms with E-state index in [0.717, 1.165) is 0 Å². The van der Waals surface area contributed by atoms with Crippen LogP contribution in [0, 0.1) is 0 Å². The summed E-state index contributed by atoms with van der Waals surface area (Å²) in [7, 11) is 0. The van der Waals surface area contributed by atoms with Crippen LogP contribution in [0.2, 0.25) is 0 Å². The molecule has 0 saturated carbocycles. The van der Waals surface area contributed by atoms with E-state index in [1.54, 1.807) is 0 Å². The number of carbonyl (C=O) groups excluding carboxylic acids is 1. The first-order chi connectivity index (χ1) is 1.73. The van der Waals surface area contributed by atoms with Crippen LogP contribution in [0.25, 0.3) is 0 Å². The average Bonchev–Trinajstić information content (AvgIpc) is 0.811. The Balaban J connectivity index is -0.0000000450. The van der Waals surface area contributed by atoms with E-state index >= 15 is 0 Å². The molecule has 0 amide bonds. The summed E-state index contributed by atoms with van der Waals surface area (Å²) in [5, 5.41) is 0. The van der Waals surface area contributed by atoms with Crippen LogP contribution >= 0.6 is 0 Å². The third kappa shape index (κ3) is 9510. The average molecular weight is 94.5 g/mol. The normalized spacial score (nSPS) is 5.20. The predicted octanol–water partition coefficient (Wildman–Crippen LogP) is -2.29. The summed E-state index contributed by atoms with van der Waals surface area (Å²) >= 11 is 0. The number of carbonyl (C=O) groups is 1. The van der Waals surface area contributed by atoms with Crippen molar-refractivity contribution in [2.45, 2.75) is 13.8 Å². The molecule has 0 bridgehead atoms. The van der Waals surface area contributed by atoms with Crippen molar-refractivity contribution in [2.75, 3.05) is 0 Å². The van der Waals surface area contributed by atoms with Crippen molar-refractivity contribution >= 4 is 5.78 Å². The molecule has 0 aliphatic heterocycles. The number of rotatable bonds is 0. The molecule has 0 N–H and O–H groups in total. The second kappa shape index (κ2) is 3.96. The van der Waals surface area contributed by atoms with Gasteiger partial charge in [0.1, 0.15) is 5.78 Å². The minimum atomic E-state index is 0. The van der Waals surface area contributed by atoms with Gasteiger partial charge in [-0.15, -0.1) is 0 Å². The molecule has 0 aromatic rings. The van der Waals surface area contributed by atoms with E-state index in [-0.39, 0.29) is 19.6 Å². The van der Waals surface area contributed by atoms with E-state index in [4.69, 9.17) is 0 Å². The van der Waals surface area contributed by atoms with Crippen LogP contribution in [0.5, 0.6) is 0 Å². The van der Waals surface area contributed by atoms with Gasteiger partial charge >= 0.3 is 1.43 Å². The Labute approximate surface area is 39.3 Å². The summed E-state index contributed by atoms with van der Waals surface area (Å²) in [4.78, 5) is 9.44. The zero-order valence-electron chi connectivity index (χ0n) is 4.29. The second-order valence-electron chi connectivity index (χ2n) is 0.908. The maximum atomic E-state index is 9.44. The van der Waals surface area contributed by atoms with Gasteiger partial charge in [-0.2, -0.15) is 0 Å². The Bertz CT molecular complexity index is 33.8. The van der Waals surface area contributed by atoms with Crippen molar-refractivity contribution in [1.29, 1.82) is 0 Å². The first kappa shape index (κ1) is 8.88. The Morgan fingerprint density at radius 2 is 1.60 bits per heavy atom. The summed E-state index contributed by atoms with van der Waals surface area (Å²) in [5.74, 6) is 0.167. The van der Waals surface area contributed by atoms with Crippen LogP contribution in [0.3, 0.4) is 0 Å².